The highest BCUT2D eigenvalue weighted by atomic mass is 16.6. The van der Waals surface area contributed by atoms with E-state index in [1.807, 2.05) is 32.9 Å². The van der Waals surface area contributed by atoms with Gasteiger partial charge in [0.25, 0.3) is 0 Å². The molecule has 0 spiro atoms. The van der Waals surface area contributed by atoms with Crippen LogP contribution >= 0.6 is 0 Å². The first-order valence-electron chi connectivity index (χ1n) is 6.16. The van der Waals surface area contributed by atoms with Gasteiger partial charge in [-0.15, -0.1) is 0 Å². The SMILES string of the molecule is CCOc1ccccc1OC(=O)C(CC)CC. The van der Waals surface area contributed by atoms with E-state index in [1.54, 1.807) is 12.1 Å². The van der Waals surface area contributed by atoms with E-state index in [2.05, 4.69) is 0 Å². The molecule has 0 N–H and O–H groups in total. The van der Waals surface area contributed by atoms with Crippen molar-refractivity contribution < 1.29 is 14.3 Å². The van der Waals surface area contributed by atoms with Crippen LogP contribution in [0.25, 0.3) is 0 Å². The molecule has 0 bridgehead atoms. The number of benzene rings is 1. The maximum Gasteiger partial charge on any atom is 0.314 e. The van der Waals surface area contributed by atoms with Crippen LogP contribution in [-0.4, -0.2) is 12.6 Å². The van der Waals surface area contributed by atoms with Gasteiger partial charge in [0, 0.05) is 0 Å². The van der Waals surface area contributed by atoms with Crippen LogP contribution in [0, 0.1) is 5.92 Å². The average molecular weight is 236 g/mol. The van der Waals surface area contributed by atoms with Crippen LogP contribution in [0.15, 0.2) is 24.3 Å². The first-order valence-corrected chi connectivity index (χ1v) is 6.16. The molecule has 0 saturated heterocycles. The Balaban J connectivity index is 2.76. The molecule has 0 saturated carbocycles. The van der Waals surface area contributed by atoms with E-state index in [-0.39, 0.29) is 11.9 Å². The van der Waals surface area contributed by atoms with Crippen LogP contribution in [0.3, 0.4) is 0 Å². The van der Waals surface area contributed by atoms with Crippen LogP contribution in [0.4, 0.5) is 0 Å². The molecule has 0 aliphatic heterocycles. The Hall–Kier alpha value is -1.51. The number of esters is 1. The van der Waals surface area contributed by atoms with E-state index in [0.717, 1.165) is 12.8 Å². The Morgan fingerprint density at radius 3 is 2.24 bits per heavy atom. The third kappa shape index (κ3) is 3.77. The summed E-state index contributed by atoms with van der Waals surface area (Å²) in [4.78, 5) is 11.9. The van der Waals surface area contributed by atoms with Gasteiger partial charge in [-0.2, -0.15) is 0 Å². The van der Waals surface area contributed by atoms with Crippen molar-refractivity contribution >= 4 is 5.97 Å². The lowest BCUT2D eigenvalue weighted by atomic mass is 10.0. The van der Waals surface area contributed by atoms with E-state index in [9.17, 15) is 4.79 Å². The summed E-state index contributed by atoms with van der Waals surface area (Å²) < 4.78 is 10.8. The summed E-state index contributed by atoms with van der Waals surface area (Å²) in [7, 11) is 0. The Kier molecular flexibility index (Phi) is 5.53. The number of ether oxygens (including phenoxy) is 2. The molecular formula is C14H20O3. The van der Waals surface area contributed by atoms with Crippen LogP contribution in [0.5, 0.6) is 11.5 Å². The Labute approximate surface area is 103 Å². The fourth-order valence-corrected chi connectivity index (χ4v) is 1.62. The summed E-state index contributed by atoms with van der Waals surface area (Å²) in [5.74, 6) is 0.910. The van der Waals surface area contributed by atoms with Gasteiger partial charge in [-0.1, -0.05) is 26.0 Å². The summed E-state index contributed by atoms with van der Waals surface area (Å²) >= 11 is 0. The topological polar surface area (TPSA) is 35.5 Å². The van der Waals surface area contributed by atoms with Gasteiger partial charge in [0.1, 0.15) is 0 Å². The summed E-state index contributed by atoms with van der Waals surface area (Å²) in [6.07, 6.45) is 1.60. The predicted octanol–water partition coefficient (Wildman–Crippen LogP) is 3.43. The van der Waals surface area contributed by atoms with Gasteiger partial charge in [-0.3, -0.25) is 4.79 Å². The van der Waals surface area contributed by atoms with Crippen LogP contribution in [0.2, 0.25) is 0 Å². The van der Waals surface area contributed by atoms with Crippen molar-refractivity contribution in [3.05, 3.63) is 24.3 Å². The summed E-state index contributed by atoms with van der Waals surface area (Å²) in [6, 6.07) is 7.25. The fraction of sp³-hybridized carbons (Fsp3) is 0.500. The summed E-state index contributed by atoms with van der Waals surface area (Å²) in [5.41, 5.74) is 0. The zero-order valence-electron chi connectivity index (χ0n) is 10.7. The molecule has 94 valence electrons. The maximum absolute atomic E-state index is 11.9. The smallest absolute Gasteiger partial charge is 0.314 e. The maximum atomic E-state index is 11.9. The van der Waals surface area contributed by atoms with Crippen molar-refractivity contribution in [2.45, 2.75) is 33.6 Å². The van der Waals surface area contributed by atoms with E-state index < -0.39 is 0 Å². The standard InChI is InChI=1S/C14H20O3/c1-4-11(5-2)14(15)17-13-10-8-7-9-12(13)16-6-3/h7-11H,4-6H2,1-3H3. The lowest BCUT2D eigenvalue weighted by Gasteiger charge is -2.14. The number of carbonyl (C=O) groups excluding carboxylic acids is 1. The zero-order chi connectivity index (χ0) is 12.7. The largest absolute Gasteiger partial charge is 0.490 e. The molecule has 0 unspecified atom stereocenters. The van der Waals surface area contributed by atoms with Gasteiger partial charge < -0.3 is 9.47 Å². The molecule has 1 aromatic rings. The van der Waals surface area contributed by atoms with Gasteiger partial charge in [0.2, 0.25) is 0 Å². The summed E-state index contributed by atoms with van der Waals surface area (Å²) in [5, 5.41) is 0. The van der Waals surface area contributed by atoms with Crippen LogP contribution in [0.1, 0.15) is 33.6 Å². The molecular weight excluding hydrogens is 216 g/mol. The third-order valence-corrected chi connectivity index (χ3v) is 2.68. The van der Waals surface area contributed by atoms with Gasteiger partial charge in [-0.05, 0) is 31.9 Å². The lowest BCUT2D eigenvalue weighted by Crippen LogP contribution is -2.19. The molecule has 1 aromatic carbocycles. The molecule has 0 aromatic heterocycles. The monoisotopic (exact) mass is 236 g/mol. The molecule has 1 rings (SSSR count). The summed E-state index contributed by atoms with van der Waals surface area (Å²) in [6.45, 7) is 6.44. The van der Waals surface area contributed by atoms with Crippen molar-refractivity contribution in [1.82, 2.24) is 0 Å². The number of hydrogen-bond donors (Lipinski definition) is 0. The van der Waals surface area contributed by atoms with Crippen molar-refractivity contribution in [2.24, 2.45) is 5.92 Å². The van der Waals surface area contributed by atoms with E-state index in [0.29, 0.717) is 18.1 Å². The van der Waals surface area contributed by atoms with Gasteiger partial charge >= 0.3 is 5.97 Å². The number of carbonyl (C=O) groups is 1. The second-order valence-electron chi connectivity index (χ2n) is 3.81. The van der Waals surface area contributed by atoms with Crippen molar-refractivity contribution in [1.29, 1.82) is 0 Å². The minimum Gasteiger partial charge on any atom is -0.490 e. The van der Waals surface area contributed by atoms with E-state index >= 15 is 0 Å². The minimum atomic E-state index is -0.179. The Bertz CT molecular complexity index is 356. The zero-order valence-corrected chi connectivity index (χ0v) is 10.7. The first-order chi connectivity index (χ1) is 8.22. The second-order valence-corrected chi connectivity index (χ2v) is 3.81. The van der Waals surface area contributed by atoms with Gasteiger partial charge in [0.15, 0.2) is 11.5 Å². The molecule has 0 aliphatic carbocycles. The van der Waals surface area contributed by atoms with Crippen molar-refractivity contribution in [2.75, 3.05) is 6.61 Å². The van der Waals surface area contributed by atoms with Gasteiger partial charge in [0.05, 0.1) is 12.5 Å². The molecule has 0 atom stereocenters. The number of rotatable bonds is 6. The highest BCUT2D eigenvalue weighted by Gasteiger charge is 2.18. The van der Waals surface area contributed by atoms with Crippen molar-refractivity contribution in [3.8, 4) is 11.5 Å². The van der Waals surface area contributed by atoms with Gasteiger partial charge in [-0.25, -0.2) is 0 Å². The Morgan fingerprint density at radius 1 is 1.12 bits per heavy atom. The highest BCUT2D eigenvalue weighted by Crippen LogP contribution is 2.27. The molecule has 3 nitrogen and oxygen atoms in total. The van der Waals surface area contributed by atoms with E-state index in [1.165, 1.54) is 0 Å². The molecule has 0 amide bonds. The quantitative estimate of drug-likeness (QED) is 0.560. The predicted molar refractivity (Wildman–Crippen MR) is 67.3 cm³/mol. The molecule has 17 heavy (non-hydrogen) atoms. The fourth-order valence-electron chi connectivity index (χ4n) is 1.62. The van der Waals surface area contributed by atoms with Crippen LogP contribution < -0.4 is 9.47 Å². The average Bonchev–Trinajstić information content (AvgIpc) is 2.33. The lowest BCUT2D eigenvalue weighted by molar-refractivity contribution is -0.139. The van der Waals surface area contributed by atoms with E-state index in [4.69, 9.17) is 9.47 Å². The minimum absolute atomic E-state index is 0.0373. The molecule has 0 fully saturated rings. The molecule has 0 radical (unpaired) electrons. The number of para-hydroxylation sites is 2. The second kappa shape index (κ2) is 6.94. The molecule has 3 heteroatoms. The molecule has 0 heterocycles. The molecule has 0 aliphatic rings. The number of hydrogen-bond acceptors (Lipinski definition) is 3. The Morgan fingerprint density at radius 2 is 1.71 bits per heavy atom. The van der Waals surface area contributed by atoms with Crippen LogP contribution in [-0.2, 0) is 4.79 Å². The normalized spacial score (nSPS) is 10.4. The van der Waals surface area contributed by atoms with Crippen molar-refractivity contribution in [3.63, 3.8) is 0 Å². The first kappa shape index (κ1) is 13.6. The highest BCUT2D eigenvalue weighted by molar-refractivity contribution is 5.75. The third-order valence-electron chi connectivity index (χ3n) is 2.68.